The summed E-state index contributed by atoms with van der Waals surface area (Å²) in [6.07, 6.45) is 4.52. The molecular weight excluding hydrogens is 250 g/mol. The second kappa shape index (κ2) is 6.21. The predicted molar refractivity (Wildman–Crippen MR) is 73.7 cm³/mol. The van der Waals surface area contributed by atoms with E-state index in [2.05, 4.69) is 0 Å². The molecule has 4 heteroatoms. The van der Waals surface area contributed by atoms with Gasteiger partial charge in [0.1, 0.15) is 0 Å². The number of hydrogen-bond acceptors (Lipinski definition) is 3. The molecular formula is C14H18ClNO2. The maximum absolute atomic E-state index is 11.1. The Morgan fingerprint density at radius 1 is 1.50 bits per heavy atom. The molecule has 0 aliphatic carbocycles. The lowest BCUT2D eigenvalue weighted by Crippen LogP contribution is -2.33. The molecule has 1 aromatic rings. The van der Waals surface area contributed by atoms with Crippen LogP contribution in [0.1, 0.15) is 29.6 Å². The molecule has 1 fully saturated rings. The van der Waals surface area contributed by atoms with Crippen molar-refractivity contribution in [1.82, 2.24) is 0 Å². The first kappa shape index (κ1) is 13.4. The van der Waals surface area contributed by atoms with Crippen LogP contribution < -0.4 is 4.90 Å². The van der Waals surface area contributed by atoms with Gasteiger partial charge in [-0.3, -0.25) is 4.79 Å². The molecule has 1 aliphatic heterocycles. The molecule has 0 aromatic heterocycles. The van der Waals surface area contributed by atoms with E-state index in [9.17, 15) is 4.79 Å². The molecule has 1 atom stereocenters. The molecule has 0 saturated carbocycles. The van der Waals surface area contributed by atoms with Crippen LogP contribution in [0.4, 0.5) is 5.69 Å². The summed E-state index contributed by atoms with van der Waals surface area (Å²) in [5, 5.41) is 0.499. The SMILES string of the molecule is CN(CC1CCCCO1)c1cccc(Cl)c1C=O. The minimum absolute atomic E-state index is 0.252. The average Bonchev–Trinajstić information content (AvgIpc) is 2.39. The molecule has 0 bridgehead atoms. The fourth-order valence-corrected chi connectivity index (χ4v) is 2.54. The lowest BCUT2D eigenvalue weighted by atomic mass is 10.1. The van der Waals surface area contributed by atoms with Crippen molar-refractivity contribution in [2.75, 3.05) is 25.1 Å². The molecule has 1 aliphatic rings. The second-order valence-electron chi connectivity index (χ2n) is 4.66. The summed E-state index contributed by atoms with van der Waals surface area (Å²) in [4.78, 5) is 13.1. The predicted octanol–water partition coefficient (Wildman–Crippen LogP) is 3.16. The molecule has 18 heavy (non-hydrogen) atoms. The normalized spacial score (nSPS) is 19.6. The largest absolute Gasteiger partial charge is 0.376 e. The van der Waals surface area contributed by atoms with Gasteiger partial charge in [0.2, 0.25) is 0 Å². The molecule has 2 rings (SSSR count). The Bertz CT molecular complexity index is 416. The van der Waals surface area contributed by atoms with Gasteiger partial charge in [-0.25, -0.2) is 0 Å². The number of ether oxygens (including phenoxy) is 1. The van der Waals surface area contributed by atoms with Crippen LogP contribution in [-0.4, -0.2) is 32.6 Å². The maximum Gasteiger partial charge on any atom is 0.153 e. The number of hydrogen-bond donors (Lipinski definition) is 0. The van der Waals surface area contributed by atoms with Crippen molar-refractivity contribution in [3.63, 3.8) is 0 Å². The molecule has 98 valence electrons. The van der Waals surface area contributed by atoms with Crippen molar-refractivity contribution in [3.8, 4) is 0 Å². The Morgan fingerprint density at radius 3 is 3.00 bits per heavy atom. The van der Waals surface area contributed by atoms with Crippen molar-refractivity contribution < 1.29 is 9.53 Å². The first-order valence-electron chi connectivity index (χ1n) is 6.29. The molecule has 0 radical (unpaired) electrons. The highest BCUT2D eigenvalue weighted by Crippen LogP contribution is 2.26. The molecule has 1 saturated heterocycles. The summed E-state index contributed by atoms with van der Waals surface area (Å²) in [5.41, 5.74) is 1.42. The van der Waals surface area contributed by atoms with Gasteiger partial charge in [0.15, 0.2) is 6.29 Å². The van der Waals surface area contributed by atoms with E-state index in [4.69, 9.17) is 16.3 Å². The van der Waals surface area contributed by atoms with Gasteiger partial charge in [-0.15, -0.1) is 0 Å². The Morgan fingerprint density at radius 2 is 2.33 bits per heavy atom. The van der Waals surface area contributed by atoms with Crippen molar-refractivity contribution in [3.05, 3.63) is 28.8 Å². The zero-order chi connectivity index (χ0) is 13.0. The molecule has 3 nitrogen and oxygen atoms in total. The van der Waals surface area contributed by atoms with E-state index in [-0.39, 0.29) is 6.10 Å². The number of halogens is 1. The van der Waals surface area contributed by atoms with Gasteiger partial charge in [0, 0.05) is 25.9 Å². The standard InChI is InChI=1S/C14H18ClNO2/c1-16(9-11-5-2-3-8-18-11)14-7-4-6-13(15)12(14)10-17/h4,6-7,10-11H,2-3,5,8-9H2,1H3. The lowest BCUT2D eigenvalue weighted by molar-refractivity contribution is 0.0216. The lowest BCUT2D eigenvalue weighted by Gasteiger charge is -2.29. The quantitative estimate of drug-likeness (QED) is 0.785. The third-order valence-corrected chi connectivity index (χ3v) is 3.64. The number of carbonyl (C=O) groups excluding carboxylic acids is 1. The van der Waals surface area contributed by atoms with E-state index in [0.29, 0.717) is 10.6 Å². The molecule has 1 unspecified atom stereocenters. The van der Waals surface area contributed by atoms with Gasteiger partial charge >= 0.3 is 0 Å². The fourth-order valence-electron chi connectivity index (χ4n) is 2.33. The molecule has 0 spiro atoms. The van der Waals surface area contributed by atoms with Gasteiger partial charge < -0.3 is 9.64 Å². The Kier molecular flexibility index (Phi) is 4.61. The van der Waals surface area contributed by atoms with Crippen LogP contribution in [0.25, 0.3) is 0 Å². The summed E-state index contributed by atoms with van der Waals surface area (Å²) in [6, 6.07) is 5.51. The number of nitrogens with zero attached hydrogens (tertiary/aromatic N) is 1. The number of anilines is 1. The van der Waals surface area contributed by atoms with Crippen LogP contribution >= 0.6 is 11.6 Å². The van der Waals surface area contributed by atoms with Crippen molar-refractivity contribution in [1.29, 1.82) is 0 Å². The summed E-state index contributed by atoms with van der Waals surface area (Å²) in [7, 11) is 1.97. The Labute approximate surface area is 113 Å². The summed E-state index contributed by atoms with van der Waals surface area (Å²) < 4.78 is 5.71. The fraction of sp³-hybridized carbons (Fsp3) is 0.500. The van der Waals surface area contributed by atoms with E-state index < -0.39 is 0 Å². The summed E-state index contributed by atoms with van der Waals surface area (Å²) >= 11 is 6.03. The highest BCUT2D eigenvalue weighted by atomic mass is 35.5. The zero-order valence-electron chi connectivity index (χ0n) is 10.6. The van der Waals surface area contributed by atoms with Crippen LogP contribution in [0, 0.1) is 0 Å². The van der Waals surface area contributed by atoms with Crippen LogP contribution in [0.2, 0.25) is 5.02 Å². The molecule has 0 N–H and O–H groups in total. The highest BCUT2D eigenvalue weighted by molar-refractivity contribution is 6.33. The molecule has 1 aromatic carbocycles. The second-order valence-corrected chi connectivity index (χ2v) is 5.07. The van der Waals surface area contributed by atoms with Gasteiger partial charge in [0.25, 0.3) is 0 Å². The van der Waals surface area contributed by atoms with Crippen molar-refractivity contribution in [2.24, 2.45) is 0 Å². The topological polar surface area (TPSA) is 29.5 Å². The minimum atomic E-state index is 0.252. The van der Waals surface area contributed by atoms with Crippen LogP contribution in [0.15, 0.2) is 18.2 Å². The first-order chi connectivity index (χ1) is 8.72. The summed E-state index contributed by atoms with van der Waals surface area (Å²) in [5.74, 6) is 0. The molecule has 1 heterocycles. The van der Waals surface area contributed by atoms with E-state index >= 15 is 0 Å². The number of benzene rings is 1. The van der Waals surface area contributed by atoms with E-state index in [0.717, 1.165) is 38.0 Å². The molecule has 0 amide bonds. The average molecular weight is 268 g/mol. The minimum Gasteiger partial charge on any atom is -0.376 e. The zero-order valence-corrected chi connectivity index (χ0v) is 11.3. The van der Waals surface area contributed by atoms with E-state index in [1.165, 1.54) is 6.42 Å². The van der Waals surface area contributed by atoms with Gasteiger partial charge in [-0.2, -0.15) is 0 Å². The maximum atomic E-state index is 11.1. The number of likely N-dealkylation sites (N-methyl/N-ethyl adjacent to an activating group) is 1. The Hall–Kier alpha value is -1.06. The van der Waals surface area contributed by atoms with E-state index in [1.54, 1.807) is 6.07 Å². The number of aldehydes is 1. The van der Waals surface area contributed by atoms with Crippen molar-refractivity contribution in [2.45, 2.75) is 25.4 Å². The first-order valence-corrected chi connectivity index (χ1v) is 6.66. The monoisotopic (exact) mass is 267 g/mol. The van der Waals surface area contributed by atoms with Crippen LogP contribution in [0.3, 0.4) is 0 Å². The van der Waals surface area contributed by atoms with Gasteiger partial charge in [-0.05, 0) is 31.4 Å². The smallest absolute Gasteiger partial charge is 0.153 e. The number of carbonyl (C=O) groups is 1. The van der Waals surface area contributed by atoms with Crippen LogP contribution in [-0.2, 0) is 4.74 Å². The summed E-state index contributed by atoms with van der Waals surface area (Å²) in [6.45, 7) is 1.63. The Balaban J connectivity index is 2.10. The van der Waals surface area contributed by atoms with Gasteiger partial charge in [0.05, 0.1) is 16.7 Å². The van der Waals surface area contributed by atoms with E-state index in [1.807, 2.05) is 24.1 Å². The number of rotatable bonds is 4. The van der Waals surface area contributed by atoms with Crippen LogP contribution in [0.5, 0.6) is 0 Å². The third kappa shape index (κ3) is 3.03. The van der Waals surface area contributed by atoms with Crippen molar-refractivity contribution >= 4 is 23.6 Å². The van der Waals surface area contributed by atoms with Gasteiger partial charge in [-0.1, -0.05) is 17.7 Å². The highest BCUT2D eigenvalue weighted by Gasteiger charge is 2.18. The third-order valence-electron chi connectivity index (χ3n) is 3.31.